The van der Waals surface area contributed by atoms with E-state index in [0.717, 1.165) is 89.6 Å². The lowest BCUT2D eigenvalue weighted by molar-refractivity contribution is -0.121. The van der Waals surface area contributed by atoms with Gasteiger partial charge in [0.1, 0.15) is 11.5 Å². The summed E-state index contributed by atoms with van der Waals surface area (Å²) in [5.41, 5.74) is 3.73. The number of amides is 2. The molecule has 2 atom stereocenters. The predicted octanol–water partition coefficient (Wildman–Crippen LogP) is 6.84. The molecule has 2 aromatic carbocycles. The van der Waals surface area contributed by atoms with Gasteiger partial charge in [0, 0.05) is 73.3 Å². The van der Waals surface area contributed by atoms with Crippen LogP contribution in [0.1, 0.15) is 71.6 Å². The lowest BCUT2D eigenvalue weighted by Gasteiger charge is -2.17. The van der Waals surface area contributed by atoms with Crippen molar-refractivity contribution in [3.05, 3.63) is 60.9 Å². The van der Waals surface area contributed by atoms with Gasteiger partial charge in [-0.1, -0.05) is 18.6 Å². The van der Waals surface area contributed by atoms with Crippen molar-refractivity contribution in [1.82, 2.24) is 20.6 Å². The van der Waals surface area contributed by atoms with Gasteiger partial charge in [-0.05, 0) is 76.6 Å². The van der Waals surface area contributed by atoms with Crippen LogP contribution in [0, 0.1) is 0 Å². The van der Waals surface area contributed by atoms with Crippen molar-refractivity contribution in [2.75, 3.05) is 37.9 Å². The fourth-order valence-corrected chi connectivity index (χ4v) is 5.66. The molecule has 2 amide bonds. The van der Waals surface area contributed by atoms with Gasteiger partial charge in [-0.15, -0.1) is 0 Å². The predicted molar refractivity (Wildman–Crippen MR) is 190 cm³/mol. The van der Waals surface area contributed by atoms with Gasteiger partial charge in [0.25, 0.3) is 0 Å². The highest BCUT2D eigenvalue weighted by molar-refractivity contribution is 5.92. The highest BCUT2D eigenvalue weighted by Crippen LogP contribution is 2.29. The third kappa shape index (κ3) is 11.3. The largest absolute Gasteiger partial charge is 0.497 e. The lowest BCUT2D eigenvalue weighted by atomic mass is 10.1. The molecule has 0 aliphatic rings. The zero-order valence-corrected chi connectivity index (χ0v) is 28.2. The molecule has 10 heteroatoms. The van der Waals surface area contributed by atoms with E-state index in [1.54, 1.807) is 26.6 Å². The Hall–Kier alpha value is -4.60. The number of carbonyl (C=O) groups excluding carboxylic acids is 2. The smallest absolute Gasteiger partial charge is 0.219 e. The number of pyridine rings is 2. The fourth-order valence-electron chi connectivity index (χ4n) is 5.66. The number of nitrogens with one attached hydrogen (secondary N) is 4. The summed E-state index contributed by atoms with van der Waals surface area (Å²) in [7, 11) is 3.33. The molecule has 0 aliphatic carbocycles. The standard InChI is InChI=1S/C37H50N6O4/c1-26(42-32-24-30(46-3)22-28-14-10-20-40-36(28)32)12-8-18-38-34(44)16-6-5-7-17-35(45)39-19-9-13-27(2)43-33-25-31(47-4)23-29-15-11-21-41-37(29)33/h10-11,14-15,20-27,42-43H,5-9,12-13,16-19H2,1-4H3,(H,38,44)(H,39,45). The maximum atomic E-state index is 12.3. The first kappa shape index (κ1) is 35.3. The van der Waals surface area contributed by atoms with Crippen LogP contribution in [0.2, 0.25) is 0 Å². The van der Waals surface area contributed by atoms with Crippen LogP contribution < -0.4 is 30.7 Å². The van der Waals surface area contributed by atoms with Gasteiger partial charge in [0.2, 0.25) is 11.8 Å². The van der Waals surface area contributed by atoms with E-state index < -0.39 is 0 Å². The Balaban J connectivity index is 1.01. The maximum Gasteiger partial charge on any atom is 0.219 e. The van der Waals surface area contributed by atoms with E-state index in [9.17, 15) is 9.59 Å². The van der Waals surface area contributed by atoms with Crippen molar-refractivity contribution in [3.63, 3.8) is 0 Å². The number of nitrogens with zero attached hydrogens (tertiary/aromatic N) is 2. The molecule has 252 valence electrons. The van der Waals surface area contributed by atoms with Crippen LogP contribution in [0.25, 0.3) is 21.8 Å². The number of rotatable bonds is 20. The van der Waals surface area contributed by atoms with Gasteiger partial charge in [0.05, 0.1) is 36.6 Å². The van der Waals surface area contributed by atoms with E-state index in [0.29, 0.717) is 25.9 Å². The summed E-state index contributed by atoms with van der Waals surface area (Å²) in [4.78, 5) is 33.6. The number of ether oxygens (including phenoxy) is 2. The van der Waals surface area contributed by atoms with Gasteiger partial charge in [-0.2, -0.15) is 0 Å². The first-order valence-electron chi connectivity index (χ1n) is 16.8. The molecule has 0 fully saturated rings. The van der Waals surface area contributed by atoms with Crippen molar-refractivity contribution in [2.45, 2.75) is 83.7 Å². The number of aromatic nitrogens is 2. The average molecular weight is 643 g/mol. The van der Waals surface area contributed by atoms with Crippen LogP contribution in [0.5, 0.6) is 11.5 Å². The van der Waals surface area contributed by atoms with Crippen molar-refractivity contribution in [2.24, 2.45) is 0 Å². The van der Waals surface area contributed by atoms with Crippen LogP contribution in [-0.4, -0.2) is 61.2 Å². The molecule has 2 heterocycles. The van der Waals surface area contributed by atoms with E-state index in [-0.39, 0.29) is 23.9 Å². The summed E-state index contributed by atoms with van der Waals surface area (Å²) >= 11 is 0. The number of benzene rings is 2. The van der Waals surface area contributed by atoms with E-state index in [2.05, 4.69) is 45.1 Å². The maximum absolute atomic E-state index is 12.3. The SMILES string of the molecule is COc1cc(NC(C)CCCNC(=O)CCCCCC(=O)NCCCC(C)Nc2cc(OC)cc3cccnc23)c2ncccc2c1. The number of methoxy groups -OCH3 is 2. The number of fused-ring (bicyclic) bond motifs is 2. The molecule has 4 N–H and O–H groups in total. The minimum absolute atomic E-state index is 0.0681. The molecule has 4 rings (SSSR count). The summed E-state index contributed by atoms with van der Waals surface area (Å²) < 4.78 is 10.9. The Bertz CT molecular complexity index is 1480. The van der Waals surface area contributed by atoms with E-state index >= 15 is 0 Å². The van der Waals surface area contributed by atoms with Crippen molar-refractivity contribution in [1.29, 1.82) is 0 Å². The summed E-state index contributed by atoms with van der Waals surface area (Å²) in [6.07, 6.45) is 10.5. The number of hydrogen-bond donors (Lipinski definition) is 4. The molecule has 0 radical (unpaired) electrons. The zero-order valence-electron chi connectivity index (χ0n) is 28.2. The monoisotopic (exact) mass is 642 g/mol. The van der Waals surface area contributed by atoms with Crippen LogP contribution in [0.4, 0.5) is 11.4 Å². The molecule has 0 spiro atoms. The average Bonchev–Trinajstić information content (AvgIpc) is 3.08. The lowest BCUT2D eigenvalue weighted by Crippen LogP contribution is -2.26. The molecule has 0 saturated carbocycles. The molecule has 47 heavy (non-hydrogen) atoms. The topological polar surface area (TPSA) is 127 Å². The number of anilines is 2. The van der Waals surface area contributed by atoms with Gasteiger partial charge in [-0.3, -0.25) is 19.6 Å². The van der Waals surface area contributed by atoms with Gasteiger partial charge >= 0.3 is 0 Å². The van der Waals surface area contributed by atoms with Gasteiger partial charge in [-0.25, -0.2) is 0 Å². The first-order valence-corrected chi connectivity index (χ1v) is 16.8. The summed E-state index contributed by atoms with van der Waals surface area (Å²) in [6, 6.07) is 16.2. The van der Waals surface area contributed by atoms with Gasteiger partial charge < -0.3 is 30.7 Å². The number of hydrogen-bond acceptors (Lipinski definition) is 8. The second kappa shape index (κ2) is 18.5. The molecular weight excluding hydrogens is 592 g/mol. The highest BCUT2D eigenvalue weighted by atomic mass is 16.5. The third-order valence-electron chi connectivity index (χ3n) is 8.21. The van der Waals surface area contributed by atoms with Crippen LogP contribution in [0.15, 0.2) is 60.9 Å². The Labute approximate surface area is 278 Å². The number of unbranched alkanes of at least 4 members (excludes halogenated alkanes) is 2. The van der Waals surface area contributed by atoms with Crippen LogP contribution in [-0.2, 0) is 9.59 Å². The van der Waals surface area contributed by atoms with Crippen molar-refractivity contribution >= 4 is 45.0 Å². The highest BCUT2D eigenvalue weighted by Gasteiger charge is 2.11. The number of carbonyl (C=O) groups is 2. The Morgan fingerprint density at radius 2 is 1.11 bits per heavy atom. The summed E-state index contributed by atoms with van der Waals surface area (Å²) in [5.74, 6) is 1.72. The summed E-state index contributed by atoms with van der Waals surface area (Å²) in [5, 5.41) is 15.2. The van der Waals surface area contributed by atoms with Crippen LogP contribution in [0.3, 0.4) is 0 Å². The molecule has 2 aromatic heterocycles. The molecule has 0 saturated heterocycles. The zero-order chi connectivity index (χ0) is 33.4. The quantitative estimate of drug-likeness (QED) is 0.0772. The molecule has 0 aliphatic heterocycles. The first-order chi connectivity index (χ1) is 22.9. The molecular formula is C37H50N6O4. The molecule has 4 aromatic rings. The third-order valence-corrected chi connectivity index (χ3v) is 8.21. The Kier molecular flexibility index (Phi) is 13.9. The van der Waals surface area contributed by atoms with Crippen molar-refractivity contribution < 1.29 is 19.1 Å². The minimum atomic E-state index is 0.0681. The molecule has 2 unspecified atom stereocenters. The van der Waals surface area contributed by atoms with E-state index in [1.807, 2.05) is 48.5 Å². The second-order valence-corrected chi connectivity index (χ2v) is 12.1. The van der Waals surface area contributed by atoms with Crippen LogP contribution >= 0.6 is 0 Å². The second-order valence-electron chi connectivity index (χ2n) is 12.1. The fraction of sp³-hybridized carbons (Fsp3) is 0.459. The van der Waals surface area contributed by atoms with E-state index in [4.69, 9.17) is 9.47 Å². The Morgan fingerprint density at radius 1 is 0.660 bits per heavy atom. The molecule has 0 bridgehead atoms. The van der Waals surface area contributed by atoms with E-state index in [1.165, 1.54) is 0 Å². The minimum Gasteiger partial charge on any atom is -0.497 e. The normalized spacial score (nSPS) is 12.3. The van der Waals surface area contributed by atoms with Crippen molar-refractivity contribution in [3.8, 4) is 11.5 Å². The summed E-state index contributed by atoms with van der Waals surface area (Å²) in [6.45, 7) is 5.55. The Morgan fingerprint density at radius 3 is 1.53 bits per heavy atom. The van der Waals surface area contributed by atoms with Gasteiger partial charge in [0.15, 0.2) is 0 Å². The molecule has 10 nitrogen and oxygen atoms in total.